The average Bonchev–Trinajstić information content (AvgIpc) is 3.34. The van der Waals surface area contributed by atoms with Gasteiger partial charge in [-0.15, -0.1) is 0 Å². The van der Waals surface area contributed by atoms with Gasteiger partial charge in [0.15, 0.2) is 0 Å². The normalized spacial score (nSPS) is 15.7. The molecule has 0 radical (unpaired) electrons. The van der Waals surface area contributed by atoms with Crippen LogP contribution in [0.15, 0.2) is 36.4 Å². The summed E-state index contributed by atoms with van der Waals surface area (Å²) >= 11 is 0. The monoisotopic (exact) mass is 593 g/mol. The lowest BCUT2D eigenvalue weighted by molar-refractivity contribution is -0.148. The zero-order valence-electron chi connectivity index (χ0n) is 25.6. The fourth-order valence-electron chi connectivity index (χ4n) is 5.06. The first-order chi connectivity index (χ1) is 20.2. The van der Waals surface area contributed by atoms with Gasteiger partial charge in [0.05, 0.1) is 6.61 Å². The SMILES string of the molecule is Cc1c(C(=O)N[C@H](C(=O)OCc2ccc(C(=O)N3CCN(C(=O)OC(C)(C)C)CC3)cc2)C(C)C)ccc2c1B(O)OC2. The number of carbonyl (C=O) groups excluding carboxylic acids is 4. The number of carbonyl (C=O) groups is 4. The molecule has 43 heavy (non-hydrogen) atoms. The molecule has 2 heterocycles. The van der Waals surface area contributed by atoms with Gasteiger partial charge in [-0.25, -0.2) is 9.59 Å². The van der Waals surface area contributed by atoms with Crippen molar-refractivity contribution in [3.05, 3.63) is 64.2 Å². The number of benzene rings is 2. The lowest BCUT2D eigenvalue weighted by Crippen LogP contribution is -2.51. The highest BCUT2D eigenvalue weighted by atomic mass is 16.6. The van der Waals surface area contributed by atoms with E-state index in [1.165, 1.54) is 0 Å². The number of hydrogen-bond acceptors (Lipinski definition) is 8. The predicted octanol–water partition coefficient (Wildman–Crippen LogP) is 2.40. The third kappa shape index (κ3) is 7.74. The second-order valence-electron chi connectivity index (χ2n) is 12.2. The number of piperazine rings is 1. The van der Waals surface area contributed by atoms with Crippen molar-refractivity contribution in [1.29, 1.82) is 0 Å². The Kier molecular flexibility index (Phi) is 9.81. The standard InChI is InChI=1S/C31H40BN3O8/c1-19(2)26(33-27(36)24-12-11-23-18-42-32(40)25(23)20(24)3)29(38)41-17-21-7-9-22(10-8-21)28(37)34-13-15-35(16-14-34)30(39)43-31(4,5)6/h7-12,19,26,40H,13-18H2,1-6H3,(H,33,36)/t26-/m0/s1. The Morgan fingerprint density at radius 2 is 1.63 bits per heavy atom. The van der Waals surface area contributed by atoms with Crippen molar-refractivity contribution in [2.75, 3.05) is 26.2 Å². The summed E-state index contributed by atoms with van der Waals surface area (Å²) in [7, 11) is -1.08. The fourth-order valence-corrected chi connectivity index (χ4v) is 5.06. The van der Waals surface area contributed by atoms with Gasteiger partial charge in [-0.05, 0) is 74.0 Å². The number of rotatable bonds is 7. The molecule has 2 aliphatic rings. The third-order valence-electron chi connectivity index (χ3n) is 7.50. The lowest BCUT2D eigenvalue weighted by atomic mass is 9.75. The van der Waals surface area contributed by atoms with Crippen LogP contribution in [0, 0.1) is 12.8 Å². The first kappa shape index (κ1) is 32.0. The van der Waals surface area contributed by atoms with Gasteiger partial charge in [-0.1, -0.05) is 32.0 Å². The van der Waals surface area contributed by atoms with E-state index in [1.807, 2.05) is 34.6 Å². The first-order valence-corrected chi connectivity index (χ1v) is 14.5. The van der Waals surface area contributed by atoms with Gasteiger partial charge >= 0.3 is 19.2 Å². The van der Waals surface area contributed by atoms with E-state index in [4.69, 9.17) is 14.1 Å². The van der Waals surface area contributed by atoms with Crippen molar-refractivity contribution in [2.24, 2.45) is 5.92 Å². The molecule has 1 atom stereocenters. The lowest BCUT2D eigenvalue weighted by Gasteiger charge is -2.35. The summed E-state index contributed by atoms with van der Waals surface area (Å²) in [6.07, 6.45) is -0.383. The van der Waals surface area contributed by atoms with Crippen molar-refractivity contribution in [2.45, 2.75) is 66.4 Å². The van der Waals surface area contributed by atoms with E-state index in [1.54, 1.807) is 53.1 Å². The van der Waals surface area contributed by atoms with Gasteiger partial charge in [0.1, 0.15) is 18.2 Å². The molecule has 12 heteroatoms. The number of ether oxygens (including phenoxy) is 2. The van der Waals surface area contributed by atoms with E-state index in [0.717, 1.165) is 5.56 Å². The molecule has 2 aromatic carbocycles. The average molecular weight is 593 g/mol. The van der Waals surface area contributed by atoms with E-state index in [-0.39, 0.29) is 31.1 Å². The van der Waals surface area contributed by atoms with Crippen LogP contribution in [0.1, 0.15) is 72.0 Å². The van der Waals surface area contributed by atoms with Crippen LogP contribution in [0.5, 0.6) is 0 Å². The highest BCUT2D eigenvalue weighted by Crippen LogP contribution is 2.18. The van der Waals surface area contributed by atoms with Crippen LogP contribution in [-0.2, 0) is 32.1 Å². The van der Waals surface area contributed by atoms with E-state index in [2.05, 4.69) is 5.32 Å². The molecular formula is C31H40BN3O8. The molecule has 2 aliphatic heterocycles. The minimum absolute atomic E-state index is 0.0254. The molecule has 0 aromatic heterocycles. The highest BCUT2D eigenvalue weighted by molar-refractivity contribution is 6.62. The minimum Gasteiger partial charge on any atom is -0.459 e. The first-order valence-electron chi connectivity index (χ1n) is 14.5. The summed E-state index contributed by atoms with van der Waals surface area (Å²) in [5.74, 6) is -1.40. The van der Waals surface area contributed by atoms with Crippen LogP contribution < -0.4 is 10.8 Å². The predicted molar refractivity (Wildman–Crippen MR) is 160 cm³/mol. The number of nitrogens with one attached hydrogen (secondary N) is 1. The molecule has 230 valence electrons. The Hall–Kier alpha value is -3.90. The van der Waals surface area contributed by atoms with Gasteiger partial charge in [-0.3, -0.25) is 9.59 Å². The van der Waals surface area contributed by atoms with Crippen LogP contribution in [-0.4, -0.2) is 83.6 Å². The summed E-state index contributed by atoms with van der Waals surface area (Å²) in [6.45, 7) is 12.7. The van der Waals surface area contributed by atoms with E-state index >= 15 is 0 Å². The second kappa shape index (κ2) is 13.2. The second-order valence-corrected chi connectivity index (χ2v) is 12.2. The number of amides is 3. The van der Waals surface area contributed by atoms with Gasteiger partial charge < -0.3 is 34.3 Å². The van der Waals surface area contributed by atoms with Crippen LogP contribution in [0.25, 0.3) is 0 Å². The van der Waals surface area contributed by atoms with Crippen molar-refractivity contribution < 1.29 is 38.3 Å². The van der Waals surface area contributed by atoms with Gasteiger partial charge in [0.2, 0.25) is 0 Å². The van der Waals surface area contributed by atoms with Crippen molar-refractivity contribution in [3.8, 4) is 0 Å². The fraction of sp³-hybridized carbons (Fsp3) is 0.484. The maximum atomic E-state index is 13.1. The van der Waals surface area contributed by atoms with Crippen molar-refractivity contribution >= 4 is 36.5 Å². The van der Waals surface area contributed by atoms with Crippen molar-refractivity contribution in [3.63, 3.8) is 0 Å². The number of fused-ring (bicyclic) bond motifs is 1. The molecule has 0 bridgehead atoms. The number of esters is 1. The maximum Gasteiger partial charge on any atom is 0.492 e. The molecular weight excluding hydrogens is 553 g/mol. The van der Waals surface area contributed by atoms with Gasteiger partial charge in [0.25, 0.3) is 11.8 Å². The minimum atomic E-state index is -1.08. The number of hydrogen-bond donors (Lipinski definition) is 2. The highest BCUT2D eigenvalue weighted by Gasteiger charge is 2.33. The Bertz CT molecular complexity index is 1360. The molecule has 2 aromatic rings. The molecule has 4 rings (SSSR count). The molecule has 0 aliphatic carbocycles. The molecule has 3 amide bonds. The smallest absolute Gasteiger partial charge is 0.459 e. The Morgan fingerprint density at radius 1 is 1.00 bits per heavy atom. The van der Waals surface area contributed by atoms with Crippen LogP contribution >= 0.6 is 0 Å². The molecule has 0 spiro atoms. The Morgan fingerprint density at radius 3 is 2.23 bits per heavy atom. The zero-order chi connectivity index (χ0) is 31.5. The van der Waals surface area contributed by atoms with Crippen LogP contribution in [0.2, 0.25) is 0 Å². The van der Waals surface area contributed by atoms with E-state index in [9.17, 15) is 24.2 Å². The molecule has 2 N–H and O–H groups in total. The Labute approximate surface area is 252 Å². The Balaban J connectivity index is 1.30. The molecule has 11 nitrogen and oxygen atoms in total. The third-order valence-corrected chi connectivity index (χ3v) is 7.50. The topological polar surface area (TPSA) is 135 Å². The number of nitrogens with zero attached hydrogens (tertiary/aromatic N) is 2. The van der Waals surface area contributed by atoms with Gasteiger partial charge in [0, 0.05) is 37.3 Å². The quantitative estimate of drug-likeness (QED) is 0.369. The summed E-state index contributed by atoms with van der Waals surface area (Å²) in [6, 6.07) is 9.33. The molecule has 0 saturated carbocycles. The molecule has 1 saturated heterocycles. The summed E-state index contributed by atoms with van der Waals surface area (Å²) < 4.78 is 16.2. The van der Waals surface area contributed by atoms with E-state index in [0.29, 0.717) is 53.9 Å². The van der Waals surface area contributed by atoms with Crippen molar-refractivity contribution in [1.82, 2.24) is 15.1 Å². The largest absolute Gasteiger partial charge is 0.492 e. The molecule has 0 unspecified atom stereocenters. The van der Waals surface area contributed by atoms with Gasteiger partial charge in [-0.2, -0.15) is 0 Å². The summed E-state index contributed by atoms with van der Waals surface area (Å²) in [5, 5.41) is 12.9. The zero-order valence-corrected chi connectivity index (χ0v) is 25.6. The maximum absolute atomic E-state index is 13.1. The summed E-state index contributed by atoms with van der Waals surface area (Å²) in [5.41, 5.74) is 2.98. The summed E-state index contributed by atoms with van der Waals surface area (Å²) in [4.78, 5) is 54.7. The molecule has 1 fully saturated rings. The van der Waals surface area contributed by atoms with E-state index < -0.39 is 30.6 Å². The van der Waals surface area contributed by atoms with Crippen LogP contribution in [0.4, 0.5) is 4.79 Å². The van der Waals surface area contributed by atoms with Crippen LogP contribution in [0.3, 0.4) is 0 Å².